The standard InChI is InChI=1S/C19H15Cl2NO3S/c20-14-7-5-13(6-8-14)11-22-19(23)17-10-9-15(25-17)12-26(24)18-4-2-1-3-16(18)21/h1-10H,11-12H2,(H,22,23)/t26-/m1/s1. The molecule has 134 valence electrons. The van der Waals surface area contributed by atoms with Crippen LogP contribution in [0.15, 0.2) is 70.0 Å². The molecule has 7 heteroatoms. The topological polar surface area (TPSA) is 59.3 Å². The molecule has 1 heterocycles. The highest BCUT2D eigenvalue weighted by Crippen LogP contribution is 2.22. The molecule has 0 unspecified atom stereocenters. The highest BCUT2D eigenvalue weighted by molar-refractivity contribution is 7.84. The molecule has 1 atom stereocenters. The van der Waals surface area contributed by atoms with E-state index < -0.39 is 10.8 Å². The maximum absolute atomic E-state index is 12.4. The average molecular weight is 408 g/mol. The second-order valence-corrected chi connectivity index (χ2v) is 7.76. The Balaban J connectivity index is 1.60. The minimum Gasteiger partial charge on any atom is -0.455 e. The summed E-state index contributed by atoms with van der Waals surface area (Å²) in [5.41, 5.74) is 0.925. The SMILES string of the molecule is O=C(NCc1ccc(Cl)cc1)c1ccc(C[S@@](=O)c2ccccc2Cl)o1. The van der Waals surface area contributed by atoms with E-state index >= 15 is 0 Å². The number of halogens is 2. The van der Waals surface area contributed by atoms with Crippen molar-refractivity contribution in [2.75, 3.05) is 0 Å². The van der Waals surface area contributed by atoms with Crippen LogP contribution in [0.4, 0.5) is 0 Å². The molecule has 0 aliphatic rings. The molecule has 2 aromatic carbocycles. The van der Waals surface area contributed by atoms with Gasteiger partial charge in [0.15, 0.2) is 5.76 Å². The molecular formula is C19H15Cl2NO3S. The lowest BCUT2D eigenvalue weighted by molar-refractivity contribution is 0.0921. The Bertz CT molecular complexity index is 938. The quantitative estimate of drug-likeness (QED) is 0.636. The highest BCUT2D eigenvalue weighted by Gasteiger charge is 2.15. The number of carbonyl (C=O) groups is 1. The zero-order chi connectivity index (χ0) is 18.5. The maximum Gasteiger partial charge on any atom is 0.287 e. The van der Waals surface area contributed by atoms with Crippen molar-refractivity contribution in [2.24, 2.45) is 0 Å². The van der Waals surface area contributed by atoms with Gasteiger partial charge in [-0.05, 0) is 42.0 Å². The van der Waals surface area contributed by atoms with Crippen LogP contribution in [0.25, 0.3) is 0 Å². The molecule has 0 saturated heterocycles. The lowest BCUT2D eigenvalue weighted by Gasteiger charge is -2.04. The molecule has 0 aliphatic carbocycles. The molecule has 26 heavy (non-hydrogen) atoms. The summed E-state index contributed by atoms with van der Waals surface area (Å²) >= 11 is 11.9. The second kappa shape index (κ2) is 8.54. The van der Waals surface area contributed by atoms with E-state index in [0.717, 1.165) is 5.56 Å². The summed E-state index contributed by atoms with van der Waals surface area (Å²) in [6, 6.07) is 17.4. The summed E-state index contributed by atoms with van der Waals surface area (Å²) in [5, 5.41) is 3.85. The van der Waals surface area contributed by atoms with E-state index in [-0.39, 0.29) is 17.4 Å². The number of carbonyl (C=O) groups excluding carboxylic acids is 1. The first-order valence-electron chi connectivity index (χ1n) is 7.77. The molecule has 1 N–H and O–H groups in total. The Morgan fingerprint density at radius 1 is 1.00 bits per heavy atom. The smallest absolute Gasteiger partial charge is 0.287 e. The normalized spacial score (nSPS) is 11.9. The van der Waals surface area contributed by atoms with Crippen molar-refractivity contribution in [3.63, 3.8) is 0 Å². The Labute approximate surface area is 163 Å². The van der Waals surface area contributed by atoms with E-state index in [1.54, 1.807) is 48.5 Å². The molecule has 4 nitrogen and oxygen atoms in total. The Hall–Kier alpha value is -2.08. The number of nitrogens with one attached hydrogen (secondary N) is 1. The Kier molecular flexibility index (Phi) is 6.14. The minimum atomic E-state index is -1.35. The lowest BCUT2D eigenvalue weighted by Crippen LogP contribution is -2.22. The van der Waals surface area contributed by atoms with E-state index in [4.69, 9.17) is 27.6 Å². The predicted molar refractivity (Wildman–Crippen MR) is 103 cm³/mol. The fourth-order valence-corrected chi connectivity index (χ4v) is 3.89. The van der Waals surface area contributed by atoms with Crippen LogP contribution in [0.3, 0.4) is 0 Å². The van der Waals surface area contributed by atoms with E-state index in [1.165, 1.54) is 0 Å². The Morgan fingerprint density at radius 3 is 2.46 bits per heavy atom. The van der Waals surface area contributed by atoms with Crippen molar-refractivity contribution < 1.29 is 13.4 Å². The van der Waals surface area contributed by atoms with Gasteiger partial charge in [0.1, 0.15) is 5.76 Å². The van der Waals surface area contributed by atoms with Gasteiger partial charge in [-0.25, -0.2) is 0 Å². The third-order valence-electron chi connectivity index (χ3n) is 3.61. The number of benzene rings is 2. The molecule has 1 amide bonds. The molecule has 0 aliphatic heterocycles. The first-order chi connectivity index (χ1) is 12.5. The van der Waals surface area contributed by atoms with E-state index in [1.807, 2.05) is 12.1 Å². The molecule has 0 bridgehead atoms. The second-order valence-electron chi connectivity index (χ2n) is 5.50. The zero-order valence-corrected chi connectivity index (χ0v) is 15.9. The molecular weight excluding hydrogens is 393 g/mol. The third kappa shape index (κ3) is 4.75. The lowest BCUT2D eigenvalue weighted by atomic mass is 10.2. The van der Waals surface area contributed by atoms with Gasteiger partial charge in [-0.2, -0.15) is 0 Å². The van der Waals surface area contributed by atoms with Gasteiger partial charge in [0.25, 0.3) is 5.91 Å². The van der Waals surface area contributed by atoms with Gasteiger partial charge in [-0.15, -0.1) is 0 Å². The highest BCUT2D eigenvalue weighted by atomic mass is 35.5. The van der Waals surface area contributed by atoms with Crippen LogP contribution >= 0.6 is 23.2 Å². The predicted octanol–water partition coefficient (Wildman–Crippen LogP) is 4.82. The van der Waals surface area contributed by atoms with Crippen molar-refractivity contribution in [2.45, 2.75) is 17.2 Å². The van der Waals surface area contributed by atoms with Gasteiger partial charge in [-0.3, -0.25) is 9.00 Å². The summed E-state index contributed by atoms with van der Waals surface area (Å²) in [5.74, 6) is 0.438. The van der Waals surface area contributed by atoms with Gasteiger partial charge in [0, 0.05) is 11.6 Å². The first-order valence-corrected chi connectivity index (χ1v) is 9.84. The summed E-state index contributed by atoms with van der Waals surface area (Å²) < 4.78 is 17.9. The van der Waals surface area contributed by atoms with Gasteiger partial charge < -0.3 is 9.73 Å². The largest absolute Gasteiger partial charge is 0.455 e. The van der Waals surface area contributed by atoms with Gasteiger partial charge in [0.05, 0.1) is 26.5 Å². The zero-order valence-electron chi connectivity index (χ0n) is 13.6. The number of amides is 1. The monoisotopic (exact) mass is 407 g/mol. The molecule has 0 spiro atoms. The number of furan rings is 1. The summed E-state index contributed by atoms with van der Waals surface area (Å²) in [6.07, 6.45) is 0. The summed E-state index contributed by atoms with van der Waals surface area (Å²) in [7, 11) is -1.35. The maximum atomic E-state index is 12.4. The van der Waals surface area contributed by atoms with Crippen LogP contribution in [0.1, 0.15) is 21.9 Å². The fraction of sp³-hybridized carbons (Fsp3) is 0.105. The van der Waals surface area contributed by atoms with Crippen molar-refractivity contribution in [1.29, 1.82) is 0 Å². The minimum absolute atomic E-state index is 0.147. The summed E-state index contributed by atoms with van der Waals surface area (Å²) in [6.45, 7) is 0.359. The number of rotatable bonds is 6. The van der Waals surface area contributed by atoms with Gasteiger partial charge in [-0.1, -0.05) is 47.5 Å². The number of hydrogen-bond donors (Lipinski definition) is 1. The van der Waals surface area contributed by atoms with Crippen LogP contribution in [0, 0.1) is 0 Å². The molecule has 0 saturated carbocycles. The van der Waals surface area contributed by atoms with Crippen LogP contribution in [-0.2, 0) is 23.1 Å². The van der Waals surface area contributed by atoms with Gasteiger partial charge in [0.2, 0.25) is 0 Å². The number of hydrogen-bond acceptors (Lipinski definition) is 3. The van der Waals surface area contributed by atoms with E-state index in [9.17, 15) is 9.00 Å². The van der Waals surface area contributed by atoms with Crippen LogP contribution in [-0.4, -0.2) is 10.1 Å². The van der Waals surface area contributed by atoms with Crippen molar-refractivity contribution >= 4 is 39.9 Å². The third-order valence-corrected chi connectivity index (χ3v) is 5.69. The first kappa shape index (κ1) is 18.7. The molecule has 0 radical (unpaired) electrons. The summed E-state index contributed by atoms with van der Waals surface area (Å²) in [4.78, 5) is 12.7. The van der Waals surface area contributed by atoms with E-state index in [2.05, 4.69) is 5.32 Å². The molecule has 3 aromatic rings. The van der Waals surface area contributed by atoms with E-state index in [0.29, 0.717) is 27.2 Å². The van der Waals surface area contributed by atoms with Crippen LogP contribution in [0.5, 0.6) is 0 Å². The fourth-order valence-electron chi connectivity index (χ4n) is 2.29. The Morgan fingerprint density at radius 2 is 1.73 bits per heavy atom. The molecule has 0 fully saturated rings. The van der Waals surface area contributed by atoms with Crippen LogP contribution < -0.4 is 5.32 Å². The van der Waals surface area contributed by atoms with Crippen molar-refractivity contribution in [1.82, 2.24) is 5.32 Å². The average Bonchev–Trinajstić information content (AvgIpc) is 3.10. The van der Waals surface area contributed by atoms with Gasteiger partial charge >= 0.3 is 0 Å². The van der Waals surface area contributed by atoms with Crippen LogP contribution in [0.2, 0.25) is 10.0 Å². The molecule has 1 aromatic heterocycles. The molecule has 3 rings (SSSR count). The van der Waals surface area contributed by atoms with Crippen molar-refractivity contribution in [3.05, 3.63) is 87.8 Å². The van der Waals surface area contributed by atoms with Crippen molar-refractivity contribution in [3.8, 4) is 0 Å².